The molecule has 1 aromatic carbocycles. The molecule has 2 aliphatic heterocycles. The van der Waals surface area contributed by atoms with Crippen molar-refractivity contribution in [3.8, 4) is 0 Å². The molecule has 25 heavy (non-hydrogen) atoms. The lowest BCUT2D eigenvalue weighted by Crippen LogP contribution is -2.52. The summed E-state index contributed by atoms with van der Waals surface area (Å²) in [6.45, 7) is 0.155. The summed E-state index contributed by atoms with van der Waals surface area (Å²) in [6.07, 6.45) is 0.250. The summed E-state index contributed by atoms with van der Waals surface area (Å²) in [5.74, 6) is -3.91. The van der Waals surface area contributed by atoms with Crippen molar-refractivity contribution in [3.05, 3.63) is 34.9 Å². The molecule has 0 bridgehead atoms. The zero-order chi connectivity index (χ0) is 18.2. The molecular formula is C17H18ClNO6. The van der Waals surface area contributed by atoms with Crippen LogP contribution in [-0.4, -0.2) is 44.3 Å². The van der Waals surface area contributed by atoms with E-state index in [0.717, 1.165) is 0 Å². The maximum Gasteiger partial charge on any atom is 0.327 e. The normalized spacial score (nSPS) is 31.0. The van der Waals surface area contributed by atoms with Crippen molar-refractivity contribution in [2.45, 2.75) is 18.0 Å². The monoisotopic (exact) mass is 367 g/mol. The van der Waals surface area contributed by atoms with E-state index < -0.39 is 41.3 Å². The minimum Gasteiger partial charge on any atom is -0.469 e. The van der Waals surface area contributed by atoms with E-state index in [1.165, 1.54) is 14.2 Å². The second-order valence-corrected chi connectivity index (χ2v) is 6.46. The van der Waals surface area contributed by atoms with Crippen LogP contribution >= 0.6 is 11.6 Å². The van der Waals surface area contributed by atoms with Crippen LogP contribution in [0.3, 0.4) is 0 Å². The molecule has 0 radical (unpaired) electrons. The lowest BCUT2D eigenvalue weighted by Gasteiger charge is -2.26. The molecule has 1 N–H and O–H groups in total. The third kappa shape index (κ3) is 2.67. The van der Waals surface area contributed by atoms with Crippen LogP contribution in [0.25, 0.3) is 0 Å². The lowest BCUT2D eigenvalue weighted by atomic mass is 9.77. The van der Waals surface area contributed by atoms with Crippen molar-refractivity contribution < 1.29 is 28.6 Å². The number of hydrogen-bond donors (Lipinski definition) is 1. The lowest BCUT2D eigenvalue weighted by molar-refractivity contribution is -0.161. The van der Waals surface area contributed by atoms with E-state index in [1.807, 2.05) is 0 Å². The van der Waals surface area contributed by atoms with E-state index in [0.29, 0.717) is 10.6 Å². The molecule has 0 aliphatic carbocycles. The molecule has 2 saturated heterocycles. The number of rotatable bonds is 3. The van der Waals surface area contributed by atoms with Crippen molar-refractivity contribution in [2.24, 2.45) is 11.8 Å². The third-order valence-electron chi connectivity index (χ3n) is 4.92. The molecule has 3 rings (SSSR count). The Morgan fingerprint density at radius 3 is 2.48 bits per heavy atom. The second-order valence-electron chi connectivity index (χ2n) is 6.05. The van der Waals surface area contributed by atoms with Crippen LogP contribution in [-0.2, 0) is 28.6 Å². The highest BCUT2D eigenvalue weighted by molar-refractivity contribution is 6.31. The van der Waals surface area contributed by atoms with Crippen LogP contribution < -0.4 is 5.32 Å². The van der Waals surface area contributed by atoms with Crippen molar-refractivity contribution >= 4 is 29.5 Å². The van der Waals surface area contributed by atoms with Gasteiger partial charge in [-0.2, -0.15) is 0 Å². The number of benzene rings is 1. The highest BCUT2D eigenvalue weighted by Crippen LogP contribution is 2.49. The summed E-state index contributed by atoms with van der Waals surface area (Å²) < 4.78 is 14.9. The number of methoxy groups -OCH3 is 2. The molecule has 0 amide bonds. The molecule has 7 nitrogen and oxygen atoms in total. The molecule has 2 heterocycles. The number of ether oxygens (including phenoxy) is 3. The molecule has 2 fully saturated rings. The van der Waals surface area contributed by atoms with Crippen LogP contribution in [0.15, 0.2) is 24.3 Å². The van der Waals surface area contributed by atoms with E-state index in [9.17, 15) is 14.4 Å². The summed E-state index contributed by atoms with van der Waals surface area (Å²) in [6, 6.07) is 6.26. The minimum atomic E-state index is -1.34. The number of hydrogen-bond acceptors (Lipinski definition) is 7. The number of esters is 3. The number of nitrogens with one attached hydrogen (secondary N) is 1. The predicted octanol–water partition coefficient (Wildman–Crippen LogP) is 1.25. The largest absolute Gasteiger partial charge is 0.469 e. The molecule has 1 spiro atoms. The fourth-order valence-corrected chi connectivity index (χ4v) is 4.04. The van der Waals surface area contributed by atoms with Gasteiger partial charge in [0.05, 0.1) is 26.7 Å². The van der Waals surface area contributed by atoms with Gasteiger partial charge in [-0.3, -0.25) is 19.7 Å². The van der Waals surface area contributed by atoms with Crippen LogP contribution in [0.5, 0.6) is 0 Å². The van der Waals surface area contributed by atoms with Gasteiger partial charge in [-0.15, -0.1) is 0 Å². The summed E-state index contributed by atoms with van der Waals surface area (Å²) in [5, 5.41) is 3.56. The van der Waals surface area contributed by atoms with Gasteiger partial charge in [0.15, 0.2) is 0 Å². The number of cyclic esters (lactones) is 1. The molecule has 8 heteroatoms. The number of halogens is 1. The quantitative estimate of drug-likeness (QED) is 0.635. The standard InChI is InChI=1S/C17H18ClNO6/c1-23-14(20)11-12(15(21)24-2)17(7-8-25-16(17)22)19-13(11)9-5-3-4-6-10(9)18/h3-6,11-13,19H,7-8H2,1-2H3/t11-,12-,13-,17-/m1/s1. The average molecular weight is 368 g/mol. The van der Waals surface area contributed by atoms with Gasteiger partial charge in [-0.1, -0.05) is 29.8 Å². The fraction of sp³-hybridized carbons (Fsp3) is 0.471. The number of carbonyl (C=O) groups excluding carboxylic acids is 3. The zero-order valence-electron chi connectivity index (χ0n) is 13.8. The first-order chi connectivity index (χ1) is 12.0. The second kappa shape index (κ2) is 6.65. The first-order valence-corrected chi connectivity index (χ1v) is 8.19. The van der Waals surface area contributed by atoms with E-state index in [2.05, 4.69) is 5.32 Å². The Morgan fingerprint density at radius 1 is 1.24 bits per heavy atom. The van der Waals surface area contributed by atoms with E-state index in [1.54, 1.807) is 24.3 Å². The molecule has 1 aromatic rings. The van der Waals surface area contributed by atoms with Crippen LogP contribution in [0.1, 0.15) is 18.0 Å². The van der Waals surface area contributed by atoms with Crippen LogP contribution in [0.2, 0.25) is 5.02 Å². The smallest absolute Gasteiger partial charge is 0.327 e. The van der Waals surface area contributed by atoms with Gasteiger partial charge < -0.3 is 14.2 Å². The van der Waals surface area contributed by atoms with Gasteiger partial charge in [0.2, 0.25) is 0 Å². The van der Waals surface area contributed by atoms with Gasteiger partial charge in [0.1, 0.15) is 11.5 Å². The van der Waals surface area contributed by atoms with Crippen molar-refractivity contribution in [1.29, 1.82) is 0 Å². The molecule has 2 aliphatic rings. The average Bonchev–Trinajstić information content (AvgIpc) is 3.15. The maximum absolute atomic E-state index is 12.5. The van der Waals surface area contributed by atoms with Crippen molar-refractivity contribution in [2.75, 3.05) is 20.8 Å². The fourth-order valence-electron chi connectivity index (χ4n) is 3.79. The Labute approximate surface area is 149 Å². The molecule has 0 unspecified atom stereocenters. The van der Waals surface area contributed by atoms with Crippen molar-refractivity contribution in [3.63, 3.8) is 0 Å². The highest BCUT2D eigenvalue weighted by atomic mass is 35.5. The van der Waals surface area contributed by atoms with Gasteiger partial charge >= 0.3 is 17.9 Å². The maximum atomic E-state index is 12.5. The van der Waals surface area contributed by atoms with E-state index >= 15 is 0 Å². The summed E-state index contributed by atoms with van der Waals surface area (Å²) in [5.41, 5.74) is -0.736. The Balaban J connectivity index is 2.15. The van der Waals surface area contributed by atoms with Crippen LogP contribution in [0.4, 0.5) is 0 Å². The first kappa shape index (κ1) is 17.7. The predicted molar refractivity (Wildman–Crippen MR) is 86.6 cm³/mol. The summed E-state index contributed by atoms with van der Waals surface area (Å²) >= 11 is 6.29. The van der Waals surface area contributed by atoms with Gasteiger partial charge in [-0.25, -0.2) is 0 Å². The first-order valence-electron chi connectivity index (χ1n) is 7.81. The van der Waals surface area contributed by atoms with Gasteiger partial charge in [0, 0.05) is 17.5 Å². The summed E-state index contributed by atoms with van der Waals surface area (Å²) in [4.78, 5) is 37.5. The highest BCUT2D eigenvalue weighted by Gasteiger charge is 2.66. The topological polar surface area (TPSA) is 90.9 Å². The summed E-state index contributed by atoms with van der Waals surface area (Å²) in [7, 11) is 2.45. The Kier molecular flexibility index (Phi) is 4.71. The molecule has 134 valence electrons. The molecule has 0 saturated carbocycles. The van der Waals surface area contributed by atoms with Crippen molar-refractivity contribution in [1.82, 2.24) is 5.32 Å². The van der Waals surface area contributed by atoms with E-state index in [-0.39, 0.29) is 13.0 Å². The Bertz CT molecular complexity index is 723. The van der Waals surface area contributed by atoms with Gasteiger partial charge in [0.25, 0.3) is 0 Å². The number of carbonyl (C=O) groups is 3. The van der Waals surface area contributed by atoms with Gasteiger partial charge in [-0.05, 0) is 11.6 Å². The third-order valence-corrected chi connectivity index (χ3v) is 5.27. The molecule has 0 aromatic heterocycles. The Hall–Kier alpha value is -2.12. The minimum absolute atomic E-state index is 0.155. The SMILES string of the molecule is COC(=O)[C@H]1[C@@H](c2ccccc2Cl)N[C@]2(CCOC2=O)[C@H]1C(=O)OC. The Morgan fingerprint density at radius 2 is 1.92 bits per heavy atom. The van der Waals surface area contributed by atoms with E-state index in [4.69, 9.17) is 25.8 Å². The molecule has 4 atom stereocenters. The zero-order valence-corrected chi connectivity index (χ0v) is 14.5. The molecular weight excluding hydrogens is 350 g/mol. The van der Waals surface area contributed by atoms with Crippen LogP contribution in [0, 0.1) is 11.8 Å².